The molecular weight excluding hydrogens is 464 g/mol. The number of amides is 1. The smallest absolute Gasteiger partial charge is 0.252 e. The molecule has 2 aromatic carbocycles. The number of aliphatic hydroxyl groups is 1. The molecule has 0 aliphatic carbocycles. The topological polar surface area (TPSA) is 94.5 Å². The molecule has 0 radical (unpaired) electrons. The van der Waals surface area contributed by atoms with Crippen molar-refractivity contribution in [1.82, 2.24) is 20.5 Å². The molecule has 37 heavy (non-hydrogen) atoms. The first kappa shape index (κ1) is 24.6. The molecular formula is C29H32N6O2. The summed E-state index contributed by atoms with van der Waals surface area (Å²) in [6, 6.07) is 22.4. The molecule has 0 bridgehead atoms. The van der Waals surface area contributed by atoms with Crippen molar-refractivity contribution in [3.63, 3.8) is 0 Å². The van der Waals surface area contributed by atoms with Crippen LogP contribution in [0.2, 0.25) is 0 Å². The van der Waals surface area contributed by atoms with E-state index in [0.717, 1.165) is 60.7 Å². The average molecular weight is 497 g/mol. The number of benzene rings is 2. The Kier molecular flexibility index (Phi) is 7.01. The summed E-state index contributed by atoms with van der Waals surface area (Å²) in [6.45, 7) is 6.67. The van der Waals surface area contributed by atoms with Gasteiger partial charge in [0.2, 0.25) is 0 Å². The third-order valence-corrected chi connectivity index (χ3v) is 6.55. The second-order valence-electron chi connectivity index (χ2n) is 10.1. The first-order valence-corrected chi connectivity index (χ1v) is 12.6. The maximum Gasteiger partial charge on any atom is 0.252 e. The molecule has 1 aliphatic heterocycles. The number of fused-ring (bicyclic) bond motifs is 1. The highest BCUT2D eigenvalue weighted by atomic mass is 16.3. The van der Waals surface area contributed by atoms with E-state index in [4.69, 9.17) is 0 Å². The van der Waals surface area contributed by atoms with Crippen LogP contribution in [0.3, 0.4) is 0 Å². The van der Waals surface area contributed by atoms with Crippen molar-refractivity contribution in [2.75, 3.05) is 42.5 Å². The number of piperazine rings is 1. The number of nitrogens with zero attached hydrogens (tertiary/aromatic N) is 5. The summed E-state index contributed by atoms with van der Waals surface area (Å²) in [4.78, 5) is 21.3. The molecule has 8 nitrogen and oxygen atoms in total. The minimum Gasteiger partial charge on any atom is -0.389 e. The third-order valence-electron chi connectivity index (χ3n) is 6.55. The van der Waals surface area contributed by atoms with Gasteiger partial charge in [-0.2, -0.15) is 5.10 Å². The standard InChI is InChI=1S/C29H32N6O2/c1-29(2,37)20-31-28(36)22-12-13-26(30-19-22)34-14-16-35(17-15-34)27-24-11-7-6-10-23(24)25(32-33-27)18-21-8-4-3-5-9-21/h3-13,19,37H,14-18,20H2,1-2H3,(H,31,36). The molecule has 1 saturated heterocycles. The van der Waals surface area contributed by atoms with Crippen molar-refractivity contribution in [1.29, 1.82) is 0 Å². The molecule has 190 valence electrons. The zero-order chi connectivity index (χ0) is 25.8. The van der Waals surface area contributed by atoms with E-state index in [1.54, 1.807) is 26.1 Å². The number of rotatable bonds is 7. The van der Waals surface area contributed by atoms with E-state index in [1.165, 1.54) is 5.56 Å². The monoisotopic (exact) mass is 496 g/mol. The molecule has 0 atom stereocenters. The predicted octanol–water partition coefficient (Wildman–Crippen LogP) is 3.44. The van der Waals surface area contributed by atoms with Crippen molar-refractivity contribution >= 4 is 28.3 Å². The van der Waals surface area contributed by atoms with Gasteiger partial charge in [-0.05, 0) is 31.5 Å². The van der Waals surface area contributed by atoms with E-state index in [0.29, 0.717) is 5.56 Å². The van der Waals surface area contributed by atoms with Gasteiger partial charge < -0.3 is 20.2 Å². The molecule has 2 N–H and O–H groups in total. The Hall–Kier alpha value is -4.04. The number of anilines is 2. The largest absolute Gasteiger partial charge is 0.389 e. The predicted molar refractivity (Wildman–Crippen MR) is 146 cm³/mol. The normalized spacial score (nSPS) is 14.1. The highest BCUT2D eigenvalue weighted by molar-refractivity contribution is 5.94. The molecule has 0 saturated carbocycles. The van der Waals surface area contributed by atoms with Gasteiger partial charge in [-0.3, -0.25) is 4.79 Å². The van der Waals surface area contributed by atoms with Crippen LogP contribution in [0.15, 0.2) is 72.9 Å². The molecule has 1 aliphatic rings. The Balaban J connectivity index is 1.26. The van der Waals surface area contributed by atoms with E-state index in [1.807, 2.05) is 24.3 Å². The Labute approximate surface area is 217 Å². The number of hydrogen-bond acceptors (Lipinski definition) is 7. The van der Waals surface area contributed by atoms with Gasteiger partial charge in [0.15, 0.2) is 5.82 Å². The Morgan fingerprint density at radius 2 is 1.57 bits per heavy atom. The molecule has 8 heteroatoms. The summed E-state index contributed by atoms with van der Waals surface area (Å²) in [6.07, 6.45) is 2.34. The van der Waals surface area contributed by atoms with Gasteiger partial charge in [-0.15, -0.1) is 5.10 Å². The van der Waals surface area contributed by atoms with Gasteiger partial charge in [0.1, 0.15) is 5.82 Å². The first-order valence-electron chi connectivity index (χ1n) is 12.6. The second kappa shape index (κ2) is 10.5. The molecule has 1 amide bonds. The van der Waals surface area contributed by atoms with Gasteiger partial charge in [-0.25, -0.2) is 4.98 Å². The maximum absolute atomic E-state index is 12.3. The molecule has 4 aromatic rings. The lowest BCUT2D eigenvalue weighted by atomic mass is 10.0. The zero-order valence-corrected chi connectivity index (χ0v) is 21.3. The van der Waals surface area contributed by atoms with Crippen molar-refractivity contribution in [3.05, 3.63) is 89.7 Å². The number of hydrogen-bond donors (Lipinski definition) is 2. The second-order valence-corrected chi connectivity index (χ2v) is 10.1. The summed E-state index contributed by atoms with van der Waals surface area (Å²) in [5, 5.41) is 24.1. The van der Waals surface area contributed by atoms with Gasteiger partial charge >= 0.3 is 0 Å². The molecule has 2 aromatic heterocycles. The maximum atomic E-state index is 12.3. The van der Waals surface area contributed by atoms with Crippen LogP contribution >= 0.6 is 0 Å². The molecule has 1 fully saturated rings. The Bertz CT molecular complexity index is 1360. The van der Waals surface area contributed by atoms with Crippen LogP contribution in [0.5, 0.6) is 0 Å². The van der Waals surface area contributed by atoms with Gasteiger partial charge in [0, 0.05) is 56.1 Å². The van der Waals surface area contributed by atoms with E-state index in [-0.39, 0.29) is 12.5 Å². The fraction of sp³-hybridized carbons (Fsp3) is 0.310. The van der Waals surface area contributed by atoms with Crippen LogP contribution in [-0.4, -0.2) is 64.5 Å². The van der Waals surface area contributed by atoms with Crippen LogP contribution < -0.4 is 15.1 Å². The summed E-state index contributed by atoms with van der Waals surface area (Å²) in [5.41, 5.74) is 1.72. The fourth-order valence-corrected chi connectivity index (χ4v) is 4.55. The van der Waals surface area contributed by atoms with Crippen molar-refractivity contribution in [2.24, 2.45) is 0 Å². The SMILES string of the molecule is CC(C)(O)CNC(=O)c1ccc(N2CCN(c3nnc(Cc4ccccc4)c4ccccc34)CC2)nc1. The van der Waals surface area contributed by atoms with E-state index in [9.17, 15) is 9.90 Å². The van der Waals surface area contributed by atoms with Crippen LogP contribution in [0.1, 0.15) is 35.5 Å². The summed E-state index contributed by atoms with van der Waals surface area (Å²) < 4.78 is 0. The third kappa shape index (κ3) is 5.86. The number of carbonyl (C=O) groups is 1. The average Bonchev–Trinajstić information content (AvgIpc) is 2.92. The minimum atomic E-state index is -0.958. The first-order chi connectivity index (χ1) is 17.9. The van der Waals surface area contributed by atoms with Gasteiger partial charge in [-0.1, -0.05) is 54.6 Å². The van der Waals surface area contributed by atoms with Crippen LogP contribution in [0.4, 0.5) is 11.6 Å². The number of pyridine rings is 1. The van der Waals surface area contributed by atoms with Gasteiger partial charge in [0.05, 0.1) is 16.9 Å². The van der Waals surface area contributed by atoms with Crippen LogP contribution in [0, 0.1) is 0 Å². The van der Waals surface area contributed by atoms with Crippen LogP contribution in [-0.2, 0) is 6.42 Å². The van der Waals surface area contributed by atoms with E-state index >= 15 is 0 Å². The zero-order valence-electron chi connectivity index (χ0n) is 21.3. The number of carbonyl (C=O) groups excluding carboxylic acids is 1. The lowest BCUT2D eigenvalue weighted by molar-refractivity contribution is 0.0694. The molecule has 0 spiro atoms. The molecule has 5 rings (SSSR count). The Morgan fingerprint density at radius 3 is 2.24 bits per heavy atom. The highest BCUT2D eigenvalue weighted by Gasteiger charge is 2.22. The highest BCUT2D eigenvalue weighted by Crippen LogP contribution is 2.28. The van der Waals surface area contributed by atoms with Gasteiger partial charge in [0.25, 0.3) is 5.91 Å². The van der Waals surface area contributed by atoms with Crippen molar-refractivity contribution < 1.29 is 9.90 Å². The van der Waals surface area contributed by atoms with Crippen molar-refractivity contribution in [2.45, 2.75) is 25.9 Å². The Morgan fingerprint density at radius 1 is 0.892 bits per heavy atom. The molecule has 0 unspecified atom stereocenters. The number of nitrogens with one attached hydrogen (secondary N) is 1. The fourth-order valence-electron chi connectivity index (χ4n) is 4.55. The quantitative estimate of drug-likeness (QED) is 0.405. The van der Waals surface area contributed by atoms with E-state index in [2.05, 4.69) is 66.7 Å². The molecule has 3 heterocycles. The summed E-state index contributed by atoms with van der Waals surface area (Å²) in [5.74, 6) is 1.51. The lowest BCUT2D eigenvalue weighted by Gasteiger charge is -2.36. The minimum absolute atomic E-state index is 0.181. The van der Waals surface area contributed by atoms with Crippen molar-refractivity contribution in [3.8, 4) is 0 Å². The summed E-state index contributed by atoms with van der Waals surface area (Å²) >= 11 is 0. The summed E-state index contributed by atoms with van der Waals surface area (Å²) in [7, 11) is 0. The number of aromatic nitrogens is 3. The lowest BCUT2D eigenvalue weighted by Crippen LogP contribution is -2.47. The van der Waals surface area contributed by atoms with E-state index < -0.39 is 5.60 Å². The van der Waals surface area contributed by atoms with Crippen LogP contribution in [0.25, 0.3) is 10.8 Å².